The van der Waals surface area contributed by atoms with E-state index in [0.717, 1.165) is 60.9 Å². The Morgan fingerprint density at radius 2 is 2.00 bits per heavy atom. The predicted octanol–water partition coefficient (Wildman–Crippen LogP) is 1.55. The van der Waals surface area contributed by atoms with E-state index in [4.69, 9.17) is 4.74 Å². The quantitative estimate of drug-likeness (QED) is 0.707. The smallest absolute Gasteiger partial charge is 0.235 e. The van der Waals surface area contributed by atoms with E-state index >= 15 is 0 Å². The summed E-state index contributed by atoms with van der Waals surface area (Å²) < 4.78 is 8.13. The fourth-order valence-electron chi connectivity index (χ4n) is 5.23. The topological polar surface area (TPSA) is 88.5 Å². The molecule has 2 atom stereocenters. The van der Waals surface area contributed by atoms with Crippen molar-refractivity contribution >= 4 is 22.7 Å². The Labute approximate surface area is 182 Å². The number of fused-ring (bicyclic) bond motifs is 1. The molecule has 0 spiro atoms. The molecule has 5 rings (SSSR count). The van der Waals surface area contributed by atoms with Gasteiger partial charge in [-0.25, -0.2) is 0 Å². The summed E-state index contributed by atoms with van der Waals surface area (Å²) in [5, 5.41) is 11.4. The second-order valence-corrected chi connectivity index (χ2v) is 9.17. The lowest BCUT2D eigenvalue weighted by Gasteiger charge is -2.27. The molecule has 0 saturated carbocycles. The van der Waals surface area contributed by atoms with Crippen LogP contribution in [0.4, 0.5) is 0 Å². The number of hydrogen-bond acceptors (Lipinski definition) is 6. The van der Waals surface area contributed by atoms with E-state index in [0.29, 0.717) is 12.8 Å². The van der Waals surface area contributed by atoms with Gasteiger partial charge in [-0.1, -0.05) is 0 Å². The number of amides is 2. The number of likely N-dealkylation sites (tertiary alicyclic amines) is 1. The molecule has 8 heteroatoms. The van der Waals surface area contributed by atoms with Crippen molar-refractivity contribution in [1.29, 1.82) is 0 Å². The first-order valence-corrected chi connectivity index (χ1v) is 11.5. The van der Waals surface area contributed by atoms with Crippen LogP contribution in [0, 0.1) is 5.92 Å². The van der Waals surface area contributed by atoms with Gasteiger partial charge in [-0.3, -0.25) is 24.5 Å². The van der Waals surface area contributed by atoms with E-state index in [-0.39, 0.29) is 23.8 Å². The van der Waals surface area contributed by atoms with E-state index in [2.05, 4.69) is 20.6 Å². The van der Waals surface area contributed by atoms with Crippen molar-refractivity contribution in [2.75, 3.05) is 32.7 Å². The Kier molecular flexibility index (Phi) is 5.67. The van der Waals surface area contributed by atoms with Crippen LogP contribution in [0.5, 0.6) is 5.75 Å². The summed E-state index contributed by atoms with van der Waals surface area (Å²) >= 11 is 0. The number of imide groups is 1. The monoisotopic (exact) mass is 425 g/mol. The predicted molar refractivity (Wildman–Crippen MR) is 117 cm³/mol. The number of aryl methyl sites for hydroxylation is 1. The van der Waals surface area contributed by atoms with Gasteiger partial charge in [0.25, 0.3) is 0 Å². The Balaban J connectivity index is 1.26. The molecule has 0 radical (unpaired) electrons. The van der Waals surface area contributed by atoms with Gasteiger partial charge in [0.1, 0.15) is 11.9 Å². The van der Waals surface area contributed by atoms with Gasteiger partial charge < -0.3 is 10.1 Å². The number of aromatic nitrogens is 2. The van der Waals surface area contributed by atoms with Crippen molar-refractivity contribution in [2.24, 2.45) is 13.0 Å². The summed E-state index contributed by atoms with van der Waals surface area (Å²) in [7, 11) is 1.89. The second kappa shape index (κ2) is 8.59. The number of ether oxygens (including phenoxy) is 1. The van der Waals surface area contributed by atoms with Gasteiger partial charge in [-0.15, -0.1) is 0 Å². The average Bonchev–Trinajstić information content (AvgIpc) is 3.33. The van der Waals surface area contributed by atoms with Crippen LogP contribution in [0.15, 0.2) is 18.2 Å². The molecule has 3 aliphatic rings. The Morgan fingerprint density at radius 3 is 2.81 bits per heavy atom. The lowest BCUT2D eigenvalue weighted by atomic mass is 9.93. The Morgan fingerprint density at radius 1 is 1.16 bits per heavy atom. The third kappa shape index (κ3) is 4.32. The SMILES string of the molecule is Cn1nc(C2CCC(=O)NC2=O)c2ccc(O[C@H]3CCN(CC4CCNCC4)C3)cc21. The average molecular weight is 426 g/mol. The zero-order valence-corrected chi connectivity index (χ0v) is 18.1. The third-order valence-electron chi connectivity index (χ3n) is 6.93. The van der Waals surface area contributed by atoms with Crippen LogP contribution in [0.2, 0.25) is 0 Å². The second-order valence-electron chi connectivity index (χ2n) is 9.17. The van der Waals surface area contributed by atoms with Crippen molar-refractivity contribution in [2.45, 2.75) is 44.1 Å². The molecule has 3 saturated heterocycles. The Hall–Kier alpha value is -2.45. The minimum atomic E-state index is -0.383. The number of hydrogen-bond donors (Lipinski definition) is 2. The van der Waals surface area contributed by atoms with E-state index in [1.54, 1.807) is 4.68 Å². The maximum absolute atomic E-state index is 12.3. The van der Waals surface area contributed by atoms with Gasteiger partial charge in [-0.2, -0.15) is 5.10 Å². The summed E-state index contributed by atoms with van der Waals surface area (Å²) in [6.45, 7) is 5.54. The van der Waals surface area contributed by atoms with Crippen LogP contribution in [-0.4, -0.2) is 65.3 Å². The van der Waals surface area contributed by atoms with Crippen LogP contribution in [0.25, 0.3) is 10.9 Å². The molecule has 2 amide bonds. The number of piperidine rings is 2. The first-order valence-electron chi connectivity index (χ1n) is 11.5. The van der Waals surface area contributed by atoms with Crippen LogP contribution < -0.4 is 15.4 Å². The van der Waals surface area contributed by atoms with Gasteiger partial charge in [0.2, 0.25) is 11.8 Å². The first-order chi connectivity index (χ1) is 15.1. The molecule has 4 heterocycles. The third-order valence-corrected chi connectivity index (χ3v) is 6.93. The minimum absolute atomic E-state index is 0.206. The number of nitrogens with one attached hydrogen (secondary N) is 2. The largest absolute Gasteiger partial charge is 0.489 e. The lowest BCUT2D eigenvalue weighted by Crippen LogP contribution is -2.39. The zero-order valence-electron chi connectivity index (χ0n) is 18.1. The van der Waals surface area contributed by atoms with Crippen molar-refractivity contribution < 1.29 is 14.3 Å². The van der Waals surface area contributed by atoms with E-state index in [1.165, 1.54) is 19.4 Å². The normalized spacial score (nSPS) is 25.8. The van der Waals surface area contributed by atoms with Crippen molar-refractivity contribution in [3.05, 3.63) is 23.9 Å². The van der Waals surface area contributed by atoms with Crippen molar-refractivity contribution in [1.82, 2.24) is 25.3 Å². The molecular weight excluding hydrogens is 394 g/mol. The molecule has 1 unspecified atom stereocenters. The number of benzene rings is 1. The van der Waals surface area contributed by atoms with Gasteiger partial charge in [0.15, 0.2) is 0 Å². The van der Waals surface area contributed by atoms with Gasteiger partial charge in [0, 0.05) is 44.6 Å². The molecule has 166 valence electrons. The summed E-state index contributed by atoms with van der Waals surface area (Å²) in [6, 6.07) is 6.00. The van der Waals surface area contributed by atoms with Crippen molar-refractivity contribution in [3.63, 3.8) is 0 Å². The summed E-state index contributed by atoms with van der Waals surface area (Å²) in [5.74, 6) is 0.807. The van der Waals surface area contributed by atoms with E-state index in [9.17, 15) is 9.59 Å². The standard InChI is InChI=1S/C23H31N5O3/c1-27-20-12-16(31-17-8-11-28(14-17)13-15-6-9-24-10-7-15)2-3-18(20)22(26-27)19-4-5-21(29)25-23(19)30/h2-3,12,15,17,19,24H,4-11,13-14H2,1H3,(H,25,29,30)/t17-,19?/m0/s1. The maximum Gasteiger partial charge on any atom is 0.235 e. The maximum atomic E-state index is 12.3. The van der Waals surface area contributed by atoms with Crippen LogP contribution in [0.1, 0.15) is 43.7 Å². The molecule has 8 nitrogen and oxygen atoms in total. The molecular formula is C23H31N5O3. The minimum Gasteiger partial charge on any atom is -0.489 e. The highest BCUT2D eigenvalue weighted by Gasteiger charge is 2.32. The first kappa shape index (κ1) is 20.5. The molecule has 0 bridgehead atoms. The molecule has 2 aromatic rings. The molecule has 1 aromatic heterocycles. The fraction of sp³-hybridized carbons (Fsp3) is 0.609. The number of carbonyl (C=O) groups is 2. The number of carbonyl (C=O) groups excluding carboxylic acids is 2. The highest BCUT2D eigenvalue weighted by Crippen LogP contribution is 2.32. The molecule has 3 fully saturated rings. The van der Waals surface area contributed by atoms with Gasteiger partial charge >= 0.3 is 0 Å². The van der Waals surface area contributed by atoms with Gasteiger partial charge in [-0.05, 0) is 56.8 Å². The van der Waals surface area contributed by atoms with E-state index < -0.39 is 0 Å². The summed E-state index contributed by atoms with van der Waals surface area (Å²) in [6.07, 6.45) is 4.66. The number of rotatable bonds is 5. The van der Waals surface area contributed by atoms with Crippen molar-refractivity contribution in [3.8, 4) is 5.75 Å². The van der Waals surface area contributed by atoms with Crippen LogP contribution in [0.3, 0.4) is 0 Å². The zero-order chi connectivity index (χ0) is 21.4. The molecule has 31 heavy (non-hydrogen) atoms. The van der Waals surface area contributed by atoms with Crippen LogP contribution >= 0.6 is 0 Å². The van der Waals surface area contributed by atoms with E-state index in [1.807, 2.05) is 25.2 Å². The molecule has 1 aromatic carbocycles. The number of nitrogens with zero attached hydrogens (tertiary/aromatic N) is 3. The lowest BCUT2D eigenvalue weighted by molar-refractivity contribution is -0.134. The van der Waals surface area contributed by atoms with Crippen LogP contribution in [-0.2, 0) is 16.6 Å². The van der Waals surface area contributed by atoms with Gasteiger partial charge in [0.05, 0.1) is 17.1 Å². The highest BCUT2D eigenvalue weighted by molar-refractivity contribution is 6.02. The molecule has 3 aliphatic heterocycles. The Bertz CT molecular complexity index is 981. The highest BCUT2D eigenvalue weighted by atomic mass is 16.5. The molecule has 2 N–H and O–H groups in total. The summed E-state index contributed by atoms with van der Waals surface area (Å²) in [5.41, 5.74) is 1.69. The molecule has 0 aliphatic carbocycles. The fourth-order valence-corrected chi connectivity index (χ4v) is 5.23. The summed E-state index contributed by atoms with van der Waals surface area (Å²) in [4.78, 5) is 26.3.